The van der Waals surface area contributed by atoms with Crippen molar-refractivity contribution in [1.29, 1.82) is 0 Å². The van der Waals surface area contributed by atoms with E-state index in [9.17, 15) is 0 Å². The maximum Gasteiger partial charge on any atom is 0.122 e. The van der Waals surface area contributed by atoms with Crippen LogP contribution >= 0.6 is 0 Å². The van der Waals surface area contributed by atoms with Crippen LogP contribution < -0.4 is 10.1 Å². The Morgan fingerprint density at radius 3 is 2.53 bits per heavy atom. The van der Waals surface area contributed by atoms with Crippen LogP contribution in [0.4, 0.5) is 0 Å². The first-order valence-electron chi connectivity index (χ1n) is 7.49. The lowest BCUT2D eigenvalue weighted by Crippen LogP contribution is -2.44. The van der Waals surface area contributed by atoms with Crippen molar-refractivity contribution in [3.05, 3.63) is 29.8 Å². The molecule has 1 atom stereocenters. The van der Waals surface area contributed by atoms with E-state index in [2.05, 4.69) is 44.3 Å². The van der Waals surface area contributed by atoms with Gasteiger partial charge in [0.15, 0.2) is 0 Å². The molecule has 0 spiro atoms. The largest absolute Gasteiger partial charge is 0.496 e. The quantitative estimate of drug-likeness (QED) is 0.836. The van der Waals surface area contributed by atoms with Gasteiger partial charge in [-0.15, -0.1) is 0 Å². The Bertz CT molecular complexity index is 396. The summed E-state index contributed by atoms with van der Waals surface area (Å²) in [4.78, 5) is 0. The highest BCUT2D eigenvalue weighted by Crippen LogP contribution is 2.41. The Hall–Kier alpha value is -1.02. The summed E-state index contributed by atoms with van der Waals surface area (Å²) in [6, 6.07) is 9.74. The SMILES string of the molecule is COc1ccccc1C1CC(NC(C)CC(C)C)C1. The molecule has 106 valence electrons. The molecule has 1 unspecified atom stereocenters. The fourth-order valence-electron chi connectivity index (χ4n) is 3.19. The number of rotatable bonds is 6. The second-order valence-electron chi connectivity index (χ2n) is 6.30. The number of benzene rings is 1. The van der Waals surface area contributed by atoms with Crippen molar-refractivity contribution >= 4 is 0 Å². The maximum atomic E-state index is 5.45. The third kappa shape index (κ3) is 3.73. The molecule has 19 heavy (non-hydrogen) atoms. The summed E-state index contributed by atoms with van der Waals surface area (Å²) in [6.45, 7) is 6.88. The minimum absolute atomic E-state index is 0.628. The molecule has 0 bridgehead atoms. The summed E-state index contributed by atoms with van der Waals surface area (Å²) in [7, 11) is 1.76. The van der Waals surface area contributed by atoms with E-state index in [4.69, 9.17) is 4.74 Å². The van der Waals surface area contributed by atoms with E-state index >= 15 is 0 Å². The first kappa shape index (κ1) is 14.4. The first-order chi connectivity index (χ1) is 9.10. The molecule has 2 rings (SSSR count). The zero-order chi connectivity index (χ0) is 13.8. The van der Waals surface area contributed by atoms with Gasteiger partial charge in [-0.25, -0.2) is 0 Å². The summed E-state index contributed by atoms with van der Waals surface area (Å²) in [5, 5.41) is 3.74. The smallest absolute Gasteiger partial charge is 0.122 e. The van der Waals surface area contributed by atoms with Crippen molar-refractivity contribution in [2.45, 2.75) is 58.0 Å². The molecule has 1 aliphatic carbocycles. The standard InChI is InChI=1S/C17H27NO/c1-12(2)9-13(3)18-15-10-14(11-15)16-7-5-6-8-17(16)19-4/h5-8,12-15,18H,9-11H2,1-4H3. The zero-order valence-electron chi connectivity index (χ0n) is 12.6. The zero-order valence-corrected chi connectivity index (χ0v) is 12.6. The lowest BCUT2D eigenvalue weighted by atomic mass is 9.75. The lowest BCUT2D eigenvalue weighted by Gasteiger charge is -2.39. The van der Waals surface area contributed by atoms with Gasteiger partial charge in [0.25, 0.3) is 0 Å². The highest BCUT2D eigenvalue weighted by Gasteiger charge is 2.32. The van der Waals surface area contributed by atoms with Crippen LogP contribution in [-0.4, -0.2) is 19.2 Å². The van der Waals surface area contributed by atoms with Gasteiger partial charge in [0.05, 0.1) is 7.11 Å². The normalized spacial score (nSPS) is 24.1. The number of ether oxygens (including phenoxy) is 1. The van der Waals surface area contributed by atoms with Gasteiger partial charge in [0.1, 0.15) is 5.75 Å². The van der Waals surface area contributed by atoms with Gasteiger partial charge in [0.2, 0.25) is 0 Å². The van der Waals surface area contributed by atoms with E-state index in [1.165, 1.54) is 24.8 Å². The minimum Gasteiger partial charge on any atom is -0.496 e. The Kier molecular flexibility index (Phi) is 4.87. The first-order valence-corrected chi connectivity index (χ1v) is 7.49. The monoisotopic (exact) mass is 261 g/mol. The van der Waals surface area contributed by atoms with Gasteiger partial charge in [-0.1, -0.05) is 32.0 Å². The number of hydrogen-bond donors (Lipinski definition) is 1. The van der Waals surface area contributed by atoms with E-state index in [-0.39, 0.29) is 0 Å². The lowest BCUT2D eigenvalue weighted by molar-refractivity contribution is 0.253. The summed E-state index contributed by atoms with van der Waals surface area (Å²) in [5.74, 6) is 2.48. The van der Waals surface area contributed by atoms with E-state index in [1.807, 2.05) is 6.07 Å². The van der Waals surface area contributed by atoms with Crippen molar-refractivity contribution in [3.63, 3.8) is 0 Å². The van der Waals surface area contributed by atoms with Crippen molar-refractivity contribution in [2.75, 3.05) is 7.11 Å². The minimum atomic E-state index is 0.628. The molecular weight excluding hydrogens is 234 g/mol. The second-order valence-corrected chi connectivity index (χ2v) is 6.30. The van der Waals surface area contributed by atoms with Gasteiger partial charge in [-0.3, -0.25) is 0 Å². The van der Waals surface area contributed by atoms with Gasteiger partial charge in [-0.05, 0) is 49.7 Å². The topological polar surface area (TPSA) is 21.3 Å². The predicted octanol–water partition coefficient (Wildman–Crippen LogP) is 3.97. The molecule has 1 fully saturated rings. The van der Waals surface area contributed by atoms with Crippen LogP contribution in [-0.2, 0) is 0 Å². The summed E-state index contributed by atoms with van der Waals surface area (Å²) in [5.41, 5.74) is 1.37. The van der Waals surface area contributed by atoms with Gasteiger partial charge in [-0.2, -0.15) is 0 Å². The molecule has 0 heterocycles. The van der Waals surface area contributed by atoms with Crippen LogP contribution in [0.1, 0.15) is 51.5 Å². The second kappa shape index (κ2) is 6.42. The van der Waals surface area contributed by atoms with Crippen LogP contribution in [0.15, 0.2) is 24.3 Å². The van der Waals surface area contributed by atoms with Crippen LogP contribution in [0.5, 0.6) is 5.75 Å². The van der Waals surface area contributed by atoms with Crippen molar-refractivity contribution in [3.8, 4) is 5.75 Å². The Morgan fingerprint density at radius 2 is 1.89 bits per heavy atom. The molecule has 0 radical (unpaired) electrons. The van der Waals surface area contributed by atoms with E-state index < -0.39 is 0 Å². The van der Waals surface area contributed by atoms with Gasteiger partial charge >= 0.3 is 0 Å². The third-order valence-corrected chi connectivity index (χ3v) is 4.06. The highest BCUT2D eigenvalue weighted by molar-refractivity contribution is 5.37. The summed E-state index contributed by atoms with van der Waals surface area (Å²) >= 11 is 0. The van der Waals surface area contributed by atoms with Crippen LogP contribution in [0.3, 0.4) is 0 Å². The predicted molar refractivity (Wildman–Crippen MR) is 80.8 cm³/mol. The molecule has 2 nitrogen and oxygen atoms in total. The maximum absolute atomic E-state index is 5.45. The molecule has 1 aromatic carbocycles. The molecule has 2 heteroatoms. The number of nitrogens with one attached hydrogen (secondary N) is 1. The molecule has 0 saturated heterocycles. The van der Waals surface area contributed by atoms with Gasteiger partial charge < -0.3 is 10.1 Å². The average molecular weight is 261 g/mol. The van der Waals surface area contributed by atoms with Crippen molar-refractivity contribution < 1.29 is 4.74 Å². The number of para-hydroxylation sites is 1. The fourth-order valence-corrected chi connectivity index (χ4v) is 3.19. The van der Waals surface area contributed by atoms with E-state index in [1.54, 1.807) is 7.11 Å². The highest BCUT2D eigenvalue weighted by atomic mass is 16.5. The Balaban J connectivity index is 1.83. The molecule has 1 saturated carbocycles. The van der Waals surface area contributed by atoms with Crippen molar-refractivity contribution in [2.24, 2.45) is 5.92 Å². The van der Waals surface area contributed by atoms with E-state index in [0.717, 1.165) is 11.7 Å². The van der Waals surface area contributed by atoms with Crippen LogP contribution in [0.2, 0.25) is 0 Å². The van der Waals surface area contributed by atoms with E-state index in [0.29, 0.717) is 18.0 Å². The van der Waals surface area contributed by atoms with Crippen LogP contribution in [0.25, 0.3) is 0 Å². The van der Waals surface area contributed by atoms with Crippen LogP contribution in [0, 0.1) is 5.92 Å². The molecule has 1 aliphatic rings. The third-order valence-electron chi connectivity index (χ3n) is 4.06. The average Bonchev–Trinajstić information content (AvgIpc) is 2.32. The molecule has 0 aromatic heterocycles. The number of hydrogen-bond acceptors (Lipinski definition) is 2. The van der Waals surface area contributed by atoms with Crippen molar-refractivity contribution in [1.82, 2.24) is 5.32 Å². The summed E-state index contributed by atoms with van der Waals surface area (Å²) in [6.07, 6.45) is 3.74. The molecule has 0 amide bonds. The summed E-state index contributed by atoms with van der Waals surface area (Å²) < 4.78 is 5.45. The number of methoxy groups -OCH3 is 1. The molecule has 0 aliphatic heterocycles. The Morgan fingerprint density at radius 1 is 1.21 bits per heavy atom. The molecule has 1 aromatic rings. The molecule has 1 N–H and O–H groups in total. The Labute approximate surface area is 117 Å². The fraction of sp³-hybridized carbons (Fsp3) is 0.647. The molecular formula is C17H27NO. The van der Waals surface area contributed by atoms with Gasteiger partial charge in [0, 0.05) is 12.1 Å².